The molecule has 0 radical (unpaired) electrons. The van der Waals surface area contributed by atoms with E-state index in [1.165, 1.54) is 0 Å². The van der Waals surface area contributed by atoms with Gasteiger partial charge in [-0.05, 0) is 49.6 Å². The summed E-state index contributed by atoms with van der Waals surface area (Å²) in [6, 6.07) is 10.2. The van der Waals surface area contributed by atoms with Crippen molar-refractivity contribution in [2.45, 2.75) is 32.7 Å². The Labute approximate surface area is 183 Å². The van der Waals surface area contributed by atoms with Crippen LogP contribution in [0.15, 0.2) is 42.9 Å². The predicted molar refractivity (Wildman–Crippen MR) is 121 cm³/mol. The van der Waals surface area contributed by atoms with E-state index >= 15 is 0 Å². The number of anilines is 1. The number of aryl methyl sites for hydroxylation is 3. The van der Waals surface area contributed by atoms with E-state index in [1.807, 2.05) is 60.8 Å². The van der Waals surface area contributed by atoms with Gasteiger partial charge in [0.1, 0.15) is 11.6 Å². The van der Waals surface area contributed by atoms with Gasteiger partial charge in [-0.1, -0.05) is 12.1 Å². The van der Waals surface area contributed by atoms with Gasteiger partial charge in [-0.2, -0.15) is 0 Å². The standard InChI is InChI=1S/C24H29N5O2/c1-16-5-6-18(11-22(16)31-4)12-24(30)29-10-9-19(13-29)27-23-8-7-20(17(2)26-23)21-14-28(3)15-25-21/h5-8,11,14-15,19H,9-10,12-13H2,1-4H3,(H,26,27)/t19-/m0/s1. The summed E-state index contributed by atoms with van der Waals surface area (Å²) in [5, 5.41) is 3.49. The largest absolute Gasteiger partial charge is 0.496 e. The van der Waals surface area contributed by atoms with E-state index in [4.69, 9.17) is 9.72 Å². The van der Waals surface area contributed by atoms with Crippen LogP contribution < -0.4 is 10.1 Å². The van der Waals surface area contributed by atoms with Crippen molar-refractivity contribution in [3.63, 3.8) is 0 Å². The summed E-state index contributed by atoms with van der Waals surface area (Å²) in [6.45, 7) is 5.43. The van der Waals surface area contributed by atoms with Gasteiger partial charge in [-0.3, -0.25) is 4.79 Å². The molecule has 4 rings (SSSR count). The van der Waals surface area contributed by atoms with Gasteiger partial charge in [0, 0.05) is 43.6 Å². The van der Waals surface area contributed by atoms with Crippen molar-refractivity contribution in [2.24, 2.45) is 7.05 Å². The minimum absolute atomic E-state index is 0.143. The van der Waals surface area contributed by atoms with Crippen molar-refractivity contribution in [1.82, 2.24) is 19.4 Å². The molecule has 0 spiro atoms. The quantitative estimate of drug-likeness (QED) is 0.663. The molecule has 1 saturated heterocycles. The third-order valence-corrected chi connectivity index (χ3v) is 5.79. The van der Waals surface area contributed by atoms with E-state index < -0.39 is 0 Å². The molecule has 0 saturated carbocycles. The van der Waals surface area contributed by atoms with Crippen molar-refractivity contribution in [2.75, 3.05) is 25.5 Å². The number of pyridine rings is 1. The van der Waals surface area contributed by atoms with Crippen molar-refractivity contribution in [3.05, 3.63) is 59.7 Å². The number of aromatic nitrogens is 3. The molecular weight excluding hydrogens is 390 g/mol. The number of carbonyl (C=O) groups excluding carboxylic acids is 1. The van der Waals surface area contributed by atoms with Crippen LogP contribution >= 0.6 is 0 Å². The zero-order chi connectivity index (χ0) is 22.0. The van der Waals surface area contributed by atoms with E-state index in [9.17, 15) is 4.79 Å². The molecule has 0 unspecified atom stereocenters. The second kappa shape index (κ2) is 8.79. The molecule has 1 atom stereocenters. The van der Waals surface area contributed by atoms with Crippen LogP contribution in [0.3, 0.4) is 0 Å². The molecule has 1 aliphatic heterocycles. The molecule has 7 heteroatoms. The van der Waals surface area contributed by atoms with Crippen LogP contribution in [0.2, 0.25) is 0 Å². The highest BCUT2D eigenvalue weighted by Crippen LogP contribution is 2.24. The first-order chi connectivity index (χ1) is 14.9. The molecule has 1 fully saturated rings. The molecule has 3 heterocycles. The number of carbonyl (C=O) groups is 1. The molecule has 0 aliphatic carbocycles. The van der Waals surface area contributed by atoms with Gasteiger partial charge in [0.25, 0.3) is 0 Å². The van der Waals surface area contributed by atoms with E-state index in [0.717, 1.165) is 52.6 Å². The highest BCUT2D eigenvalue weighted by molar-refractivity contribution is 5.79. The van der Waals surface area contributed by atoms with Crippen molar-refractivity contribution < 1.29 is 9.53 Å². The van der Waals surface area contributed by atoms with Crippen LogP contribution in [-0.4, -0.2) is 51.6 Å². The van der Waals surface area contributed by atoms with Gasteiger partial charge in [-0.15, -0.1) is 0 Å². The average Bonchev–Trinajstić information content (AvgIpc) is 3.39. The zero-order valence-electron chi connectivity index (χ0n) is 18.6. The van der Waals surface area contributed by atoms with Crippen LogP contribution in [0.4, 0.5) is 5.82 Å². The summed E-state index contributed by atoms with van der Waals surface area (Å²) in [5.74, 6) is 1.80. The zero-order valence-corrected chi connectivity index (χ0v) is 18.6. The number of rotatable bonds is 6. The Bertz CT molecular complexity index is 1090. The normalized spacial score (nSPS) is 15.9. The Kier molecular flexibility index (Phi) is 5.93. The van der Waals surface area contributed by atoms with Crippen LogP contribution in [-0.2, 0) is 18.3 Å². The van der Waals surface area contributed by atoms with E-state index in [0.29, 0.717) is 13.0 Å². The van der Waals surface area contributed by atoms with Gasteiger partial charge in [-0.25, -0.2) is 9.97 Å². The van der Waals surface area contributed by atoms with Gasteiger partial charge in [0.15, 0.2) is 0 Å². The maximum atomic E-state index is 12.8. The SMILES string of the molecule is COc1cc(CC(=O)N2CC[C@H](Nc3ccc(-c4cn(C)cn4)c(C)n3)C2)ccc1C. The Morgan fingerprint density at radius 1 is 1.26 bits per heavy atom. The molecule has 1 N–H and O–H groups in total. The molecule has 7 nitrogen and oxygen atoms in total. The summed E-state index contributed by atoms with van der Waals surface area (Å²) < 4.78 is 7.30. The average molecular weight is 420 g/mol. The number of benzene rings is 1. The summed E-state index contributed by atoms with van der Waals surface area (Å²) in [4.78, 5) is 23.8. The highest BCUT2D eigenvalue weighted by atomic mass is 16.5. The number of hydrogen-bond acceptors (Lipinski definition) is 5. The van der Waals surface area contributed by atoms with Gasteiger partial charge >= 0.3 is 0 Å². The number of likely N-dealkylation sites (tertiary alicyclic amines) is 1. The molecular formula is C24H29N5O2. The third kappa shape index (κ3) is 4.71. The van der Waals surface area contributed by atoms with Crippen LogP contribution in [0.5, 0.6) is 5.75 Å². The lowest BCUT2D eigenvalue weighted by Crippen LogP contribution is -2.32. The predicted octanol–water partition coefficient (Wildman–Crippen LogP) is 3.36. The Hall–Kier alpha value is -3.35. The first-order valence-corrected chi connectivity index (χ1v) is 10.6. The molecule has 162 valence electrons. The van der Waals surface area contributed by atoms with Crippen LogP contribution in [0.1, 0.15) is 23.2 Å². The second-order valence-electron chi connectivity index (χ2n) is 8.20. The molecule has 31 heavy (non-hydrogen) atoms. The van der Waals surface area contributed by atoms with Gasteiger partial charge in [0.05, 0.1) is 25.6 Å². The van der Waals surface area contributed by atoms with Crippen LogP contribution in [0, 0.1) is 13.8 Å². The van der Waals surface area contributed by atoms with E-state index in [-0.39, 0.29) is 11.9 Å². The smallest absolute Gasteiger partial charge is 0.227 e. The number of imidazole rings is 1. The molecule has 0 bridgehead atoms. The molecule has 1 aliphatic rings. The monoisotopic (exact) mass is 419 g/mol. The highest BCUT2D eigenvalue weighted by Gasteiger charge is 2.26. The number of nitrogens with one attached hydrogen (secondary N) is 1. The lowest BCUT2D eigenvalue weighted by atomic mass is 10.1. The van der Waals surface area contributed by atoms with E-state index in [2.05, 4.69) is 16.4 Å². The maximum Gasteiger partial charge on any atom is 0.227 e. The first kappa shape index (κ1) is 20.9. The number of nitrogens with zero attached hydrogens (tertiary/aromatic N) is 4. The maximum absolute atomic E-state index is 12.8. The molecule has 3 aromatic rings. The fraction of sp³-hybridized carbons (Fsp3) is 0.375. The summed E-state index contributed by atoms with van der Waals surface area (Å²) in [5.41, 5.74) is 4.93. The Morgan fingerprint density at radius 3 is 2.81 bits per heavy atom. The topological polar surface area (TPSA) is 72.3 Å². The number of ether oxygens (including phenoxy) is 1. The van der Waals surface area contributed by atoms with Crippen molar-refractivity contribution in [3.8, 4) is 17.0 Å². The Balaban J connectivity index is 1.36. The van der Waals surface area contributed by atoms with E-state index in [1.54, 1.807) is 13.4 Å². The minimum Gasteiger partial charge on any atom is -0.496 e. The second-order valence-corrected chi connectivity index (χ2v) is 8.20. The minimum atomic E-state index is 0.143. The number of amides is 1. The first-order valence-electron chi connectivity index (χ1n) is 10.6. The third-order valence-electron chi connectivity index (χ3n) is 5.79. The molecule has 1 amide bonds. The number of hydrogen-bond donors (Lipinski definition) is 1. The fourth-order valence-electron chi connectivity index (χ4n) is 4.04. The fourth-order valence-corrected chi connectivity index (χ4v) is 4.04. The molecule has 2 aromatic heterocycles. The van der Waals surface area contributed by atoms with Crippen molar-refractivity contribution in [1.29, 1.82) is 0 Å². The van der Waals surface area contributed by atoms with Crippen molar-refractivity contribution >= 4 is 11.7 Å². The molecule has 1 aromatic carbocycles. The lowest BCUT2D eigenvalue weighted by molar-refractivity contribution is -0.129. The lowest BCUT2D eigenvalue weighted by Gasteiger charge is -2.18. The van der Waals surface area contributed by atoms with Gasteiger partial charge in [0.2, 0.25) is 5.91 Å². The summed E-state index contributed by atoms with van der Waals surface area (Å²) >= 11 is 0. The Morgan fingerprint density at radius 2 is 2.10 bits per heavy atom. The number of methoxy groups -OCH3 is 1. The van der Waals surface area contributed by atoms with Crippen LogP contribution in [0.25, 0.3) is 11.3 Å². The van der Waals surface area contributed by atoms with Gasteiger partial charge < -0.3 is 19.5 Å². The summed E-state index contributed by atoms with van der Waals surface area (Å²) in [7, 11) is 3.61. The summed E-state index contributed by atoms with van der Waals surface area (Å²) in [6.07, 6.45) is 5.07.